The smallest absolute Gasteiger partial charge is 0.0107 e. The number of nitrogens with one attached hydrogen (secondary N) is 1. The predicted molar refractivity (Wildman–Crippen MR) is 88.1 cm³/mol. The van der Waals surface area contributed by atoms with E-state index in [1.54, 1.807) is 0 Å². The Hall–Kier alpha value is -0.0800. The second-order valence-electron chi connectivity index (χ2n) is 7.75. The fraction of sp³-hybridized carbons (Fsp3) is 1.00. The topological polar surface area (TPSA) is 15.3 Å². The normalized spacial score (nSPS) is 29.6. The lowest BCUT2D eigenvalue weighted by atomic mass is 9.69. The number of piperidine rings is 1. The first-order chi connectivity index (χ1) is 9.62. The third-order valence-electron chi connectivity index (χ3n) is 6.05. The van der Waals surface area contributed by atoms with E-state index in [0.29, 0.717) is 5.41 Å². The summed E-state index contributed by atoms with van der Waals surface area (Å²) in [5, 5.41) is 3.82. The summed E-state index contributed by atoms with van der Waals surface area (Å²) < 4.78 is 0. The molecule has 1 saturated carbocycles. The highest BCUT2D eigenvalue weighted by molar-refractivity contribution is 4.85. The van der Waals surface area contributed by atoms with Gasteiger partial charge in [0.2, 0.25) is 0 Å². The SMILES string of the molecule is CCC(C)(C)C1CCC(NCCN2CCCCC2)CC1. The van der Waals surface area contributed by atoms with Gasteiger partial charge in [-0.1, -0.05) is 33.6 Å². The van der Waals surface area contributed by atoms with E-state index in [2.05, 4.69) is 31.0 Å². The second kappa shape index (κ2) is 7.79. The molecule has 0 bridgehead atoms. The summed E-state index contributed by atoms with van der Waals surface area (Å²) in [6.07, 6.45) is 11.3. The molecule has 2 nitrogen and oxygen atoms in total. The van der Waals surface area contributed by atoms with Crippen LogP contribution in [0.5, 0.6) is 0 Å². The third-order valence-corrected chi connectivity index (χ3v) is 6.05. The van der Waals surface area contributed by atoms with E-state index >= 15 is 0 Å². The lowest BCUT2D eigenvalue weighted by molar-refractivity contribution is 0.135. The van der Waals surface area contributed by atoms with Crippen molar-refractivity contribution in [3.63, 3.8) is 0 Å². The Bertz CT molecular complexity index is 261. The van der Waals surface area contributed by atoms with Crippen LogP contribution in [-0.2, 0) is 0 Å². The lowest BCUT2D eigenvalue weighted by Crippen LogP contribution is -2.41. The minimum atomic E-state index is 0.554. The first-order valence-electron chi connectivity index (χ1n) is 9.07. The fourth-order valence-electron chi connectivity index (χ4n) is 3.98. The zero-order valence-corrected chi connectivity index (χ0v) is 14.1. The van der Waals surface area contributed by atoms with Crippen molar-refractivity contribution in [1.82, 2.24) is 10.2 Å². The molecule has 2 aliphatic rings. The average Bonchev–Trinajstić information content (AvgIpc) is 2.49. The molecule has 0 aromatic heterocycles. The van der Waals surface area contributed by atoms with E-state index in [-0.39, 0.29) is 0 Å². The molecule has 0 unspecified atom stereocenters. The largest absolute Gasteiger partial charge is 0.313 e. The van der Waals surface area contributed by atoms with E-state index < -0.39 is 0 Å². The molecular formula is C18H36N2. The van der Waals surface area contributed by atoms with Crippen LogP contribution >= 0.6 is 0 Å². The molecule has 20 heavy (non-hydrogen) atoms. The molecule has 118 valence electrons. The summed E-state index contributed by atoms with van der Waals surface area (Å²) in [6.45, 7) is 12.4. The van der Waals surface area contributed by atoms with Gasteiger partial charge >= 0.3 is 0 Å². The van der Waals surface area contributed by atoms with Crippen molar-refractivity contribution in [1.29, 1.82) is 0 Å². The molecule has 1 saturated heterocycles. The first kappa shape index (κ1) is 16.3. The summed E-state index contributed by atoms with van der Waals surface area (Å²) in [6, 6.07) is 0.795. The number of hydrogen-bond donors (Lipinski definition) is 1. The van der Waals surface area contributed by atoms with Gasteiger partial charge in [-0.15, -0.1) is 0 Å². The molecule has 2 heteroatoms. The Labute approximate surface area is 126 Å². The minimum Gasteiger partial charge on any atom is -0.313 e. The molecule has 1 aliphatic carbocycles. The van der Waals surface area contributed by atoms with Crippen molar-refractivity contribution in [2.45, 2.75) is 78.2 Å². The van der Waals surface area contributed by atoms with E-state index in [4.69, 9.17) is 0 Å². The second-order valence-corrected chi connectivity index (χ2v) is 7.75. The van der Waals surface area contributed by atoms with Gasteiger partial charge in [-0.2, -0.15) is 0 Å². The number of hydrogen-bond acceptors (Lipinski definition) is 2. The molecule has 2 fully saturated rings. The van der Waals surface area contributed by atoms with Gasteiger partial charge in [-0.25, -0.2) is 0 Å². The molecule has 1 aliphatic heterocycles. The summed E-state index contributed by atoms with van der Waals surface area (Å²) >= 11 is 0. The van der Waals surface area contributed by atoms with Crippen molar-refractivity contribution in [3.8, 4) is 0 Å². The highest BCUT2D eigenvalue weighted by Crippen LogP contribution is 2.40. The highest BCUT2D eigenvalue weighted by Gasteiger charge is 2.31. The maximum absolute atomic E-state index is 3.82. The van der Waals surface area contributed by atoms with E-state index in [1.807, 2.05) is 0 Å². The molecule has 0 radical (unpaired) electrons. The predicted octanol–water partition coefficient (Wildman–Crippen LogP) is 4.06. The summed E-state index contributed by atoms with van der Waals surface area (Å²) in [5.41, 5.74) is 0.554. The Morgan fingerprint density at radius 2 is 1.65 bits per heavy atom. The zero-order valence-electron chi connectivity index (χ0n) is 14.1. The van der Waals surface area contributed by atoms with Crippen LogP contribution in [0.15, 0.2) is 0 Å². The van der Waals surface area contributed by atoms with Gasteiger partial charge in [-0.05, 0) is 62.9 Å². The van der Waals surface area contributed by atoms with Gasteiger partial charge in [0.1, 0.15) is 0 Å². The van der Waals surface area contributed by atoms with Gasteiger partial charge in [-0.3, -0.25) is 0 Å². The lowest BCUT2D eigenvalue weighted by Gasteiger charge is -2.39. The van der Waals surface area contributed by atoms with E-state index in [9.17, 15) is 0 Å². The minimum absolute atomic E-state index is 0.554. The number of likely N-dealkylation sites (tertiary alicyclic amines) is 1. The Morgan fingerprint density at radius 1 is 1.00 bits per heavy atom. The van der Waals surface area contributed by atoms with Gasteiger partial charge < -0.3 is 10.2 Å². The molecule has 0 amide bonds. The molecule has 0 aromatic carbocycles. The van der Waals surface area contributed by atoms with Crippen LogP contribution < -0.4 is 5.32 Å². The van der Waals surface area contributed by atoms with Crippen LogP contribution in [0.4, 0.5) is 0 Å². The van der Waals surface area contributed by atoms with Crippen LogP contribution in [0.3, 0.4) is 0 Å². The van der Waals surface area contributed by atoms with E-state index in [1.165, 1.54) is 77.5 Å². The molecule has 0 aromatic rings. The molecule has 1 N–H and O–H groups in total. The Balaban J connectivity index is 1.60. The van der Waals surface area contributed by atoms with Crippen molar-refractivity contribution >= 4 is 0 Å². The molecular weight excluding hydrogens is 244 g/mol. The first-order valence-corrected chi connectivity index (χ1v) is 9.07. The molecule has 0 atom stereocenters. The summed E-state index contributed by atoms with van der Waals surface area (Å²) in [5.74, 6) is 0.952. The molecule has 2 rings (SSSR count). The van der Waals surface area contributed by atoms with Crippen LogP contribution in [0, 0.1) is 11.3 Å². The van der Waals surface area contributed by atoms with Crippen LogP contribution in [0.1, 0.15) is 72.1 Å². The van der Waals surface area contributed by atoms with Crippen LogP contribution in [-0.4, -0.2) is 37.1 Å². The van der Waals surface area contributed by atoms with E-state index in [0.717, 1.165) is 12.0 Å². The number of nitrogens with zero attached hydrogens (tertiary/aromatic N) is 1. The zero-order chi connectivity index (χ0) is 14.4. The van der Waals surface area contributed by atoms with Gasteiger partial charge in [0.15, 0.2) is 0 Å². The maximum Gasteiger partial charge on any atom is 0.0107 e. The molecule has 0 spiro atoms. The Morgan fingerprint density at radius 3 is 2.25 bits per heavy atom. The molecule has 1 heterocycles. The maximum atomic E-state index is 3.82. The summed E-state index contributed by atoms with van der Waals surface area (Å²) in [4.78, 5) is 2.64. The Kier molecular flexibility index (Phi) is 6.35. The fourth-order valence-corrected chi connectivity index (χ4v) is 3.98. The van der Waals surface area contributed by atoms with Crippen LogP contribution in [0.25, 0.3) is 0 Å². The van der Waals surface area contributed by atoms with Crippen molar-refractivity contribution in [3.05, 3.63) is 0 Å². The van der Waals surface area contributed by atoms with Crippen LogP contribution in [0.2, 0.25) is 0 Å². The average molecular weight is 280 g/mol. The van der Waals surface area contributed by atoms with Crippen molar-refractivity contribution < 1.29 is 0 Å². The van der Waals surface area contributed by atoms with Gasteiger partial charge in [0.05, 0.1) is 0 Å². The van der Waals surface area contributed by atoms with Crippen molar-refractivity contribution in [2.24, 2.45) is 11.3 Å². The standard InChI is InChI=1S/C18H36N2/c1-4-18(2,3)16-8-10-17(11-9-16)19-12-15-20-13-6-5-7-14-20/h16-17,19H,4-15H2,1-3H3. The highest BCUT2D eigenvalue weighted by atomic mass is 15.1. The van der Waals surface area contributed by atoms with Gasteiger partial charge in [0.25, 0.3) is 0 Å². The number of rotatable bonds is 6. The van der Waals surface area contributed by atoms with Gasteiger partial charge in [0, 0.05) is 19.1 Å². The summed E-state index contributed by atoms with van der Waals surface area (Å²) in [7, 11) is 0. The third kappa shape index (κ3) is 4.73. The van der Waals surface area contributed by atoms with Crippen molar-refractivity contribution in [2.75, 3.05) is 26.2 Å². The monoisotopic (exact) mass is 280 g/mol. The quantitative estimate of drug-likeness (QED) is 0.789.